The number of hydrogen-bond donors (Lipinski definition) is 1. The van der Waals surface area contributed by atoms with Crippen LogP contribution in [-0.4, -0.2) is 51.1 Å². The Balaban J connectivity index is 1.69. The lowest BCUT2D eigenvalue weighted by molar-refractivity contribution is 0.627. The highest BCUT2D eigenvalue weighted by molar-refractivity contribution is 6.28. The molecule has 0 atom stereocenters. The van der Waals surface area contributed by atoms with Crippen molar-refractivity contribution in [3.63, 3.8) is 0 Å². The second kappa shape index (κ2) is 5.41. The molecule has 3 heterocycles. The lowest BCUT2D eigenvalue weighted by Crippen LogP contribution is -2.47. The number of piperazine rings is 1. The van der Waals surface area contributed by atoms with E-state index in [0.29, 0.717) is 5.95 Å². The molecular formula is C11H13ClN8. The van der Waals surface area contributed by atoms with Crippen molar-refractivity contribution in [2.45, 2.75) is 0 Å². The zero-order chi connectivity index (χ0) is 13.9. The Hall–Kier alpha value is -2.22. The van der Waals surface area contributed by atoms with E-state index in [2.05, 4.69) is 29.8 Å². The average Bonchev–Trinajstić information content (AvgIpc) is 2.47. The summed E-state index contributed by atoms with van der Waals surface area (Å²) in [7, 11) is 0. The first-order chi connectivity index (χ1) is 9.72. The molecule has 0 bridgehead atoms. The van der Waals surface area contributed by atoms with E-state index < -0.39 is 0 Å². The normalized spacial score (nSPS) is 15.4. The van der Waals surface area contributed by atoms with Crippen molar-refractivity contribution in [3.05, 3.63) is 23.7 Å². The molecule has 8 nitrogen and oxygen atoms in total. The molecule has 0 amide bonds. The van der Waals surface area contributed by atoms with Gasteiger partial charge in [-0.25, -0.2) is 9.97 Å². The lowest BCUT2D eigenvalue weighted by atomic mass is 10.3. The molecule has 2 aromatic heterocycles. The zero-order valence-electron chi connectivity index (χ0n) is 10.6. The largest absolute Gasteiger partial charge is 0.368 e. The van der Waals surface area contributed by atoms with Crippen molar-refractivity contribution >= 4 is 29.4 Å². The van der Waals surface area contributed by atoms with E-state index in [-0.39, 0.29) is 11.2 Å². The molecule has 0 unspecified atom stereocenters. The SMILES string of the molecule is Nc1nc(Cl)nc(N2CCN(c3ncccn3)CC2)n1. The van der Waals surface area contributed by atoms with Gasteiger partial charge in [-0.1, -0.05) is 0 Å². The summed E-state index contributed by atoms with van der Waals surface area (Å²) >= 11 is 5.79. The molecule has 1 saturated heterocycles. The average molecular weight is 293 g/mol. The fourth-order valence-corrected chi connectivity index (χ4v) is 2.22. The van der Waals surface area contributed by atoms with Gasteiger partial charge in [0.15, 0.2) is 0 Å². The van der Waals surface area contributed by atoms with Crippen molar-refractivity contribution in [3.8, 4) is 0 Å². The van der Waals surface area contributed by atoms with E-state index >= 15 is 0 Å². The molecule has 2 aromatic rings. The number of halogens is 1. The van der Waals surface area contributed by atoms with Gasteiger partial charge in [0.25, 0.3) is 0 Å². The molecule has 0 aliphatic carbocycles. The van der Waals surface area contributed by atoms with Gasteiger partial charge in [-0.15, -0.1) is 0 Å². The van der Waals surface area contributed by atoms with Crippen LogP contribution < -0.4 is 15.5 Å². The van der Waals surface area contributed by atoms with Crippen LogP contribution in [0.4, 0.5) is 17.8 Å². The second-order valence-corrected chi connectivity index (χ2v) is 4.62. The van der Waals surface area contributed by atoms with Gasteiger partial charge in [0.2, 0.25) is 23.1 Å². The Bertz CT molecular complexity index is 564. The second-order valence-electron chi connectivity index (χ2n) is 4.29. The van der Waals surface area contributed by atoms with Crippen LogP contribution in [-0.2, 0) is 0 Å². The van der Waals surface area contributed by atoms with Gasteiger partial charge in [0, 0.05) is 38.6 Å². The molecule has 3 rings (SSSR count). The standard InChI is InChI=1S/C11H13ClN8/c12-8-16-9(13)18-11(17-8)20-6-4-19(5-7-20)10-14-2-1-3-15-10/h1-3H,4-7H2,(H2,13,16,17,18). The number of anilines is 3. The maximum absolute atomic E-state index is 5.79. The molecule has 9 heteroatoms. The van der Waals surface area contributed by atoms with Crippen molar-refractivity contribution in [1.82, 2.24) is 24.9 Å². The van der Waals surface area contributed by atoms with Crippen LogP contribution in [0.2, 0.25) is 5.28 Å². The molecule has 1 fully saturated rings. The summed E-state index contributed by atoms with van der Waals surface area (Å²) < 4.78 is 0. The van der Waals surface area contributed by atoms with E-state index in [4.69, 9.17) is 17.3 Å². The van der Waals surface area contributed by atoms with E-state index in [0.717, 1.165) is 32.1 Å². The molecular weight excluding hydrogens is 280 g/mol. The molecule has 104 valence electrons. The number of nitrogens with zero attached hydrogens (tertiary/aromatic N) is 7. The van der Waals surface area contributed by atoms with Gasteiger partial charge in [0.05, 0.1) is 0 Å². The summed E-state index contributed by atoms with van der Waals surface area (Å²) in [6.45, 7) is 3.07. The highest BCUT2D eigenvalue weighted by Gasteiger charge is 2.21. The van der Waals surface area contributed by atoms with Gasteiger partial charge < -0.3 is 15.5 Å². The summed E-state index contributed by atoms with van der Waals surface area (Å²) in [5, 5.41) is 0.112. The monoisotopic (exact) mass is 292 g/mol. The van der Waals surface area contributed by atoms with Crippen LogP contribution in [0, 0.1) is 0 Å². The predicted molar refractivity (Wildman–Crippen MR) is 75.7 cm³/mol. The predicted octanol–water partition coefficient (Wildman–Crippen LogP) is 0.224. The van der Waals surface area contributed by atoms with Gasteiger partial charge in [-0.2, -0.15) is 15.0 Å². The van der Waals surface area contributed by atoms with Crippen molar-refractivity contribution in [1.29, 1.82) is 0 Å². The summed E-state index contributed by atoms with van der Waals surface area (Å²) in [4.78, 5) is 24.6. The van der Waals surface area contributed by atoms with Gasteiger partial charge in [-0.05, 0) is 17.7 Å². The van der Waals surface area contributed by atoms with Crippen LogP contribution in [0.1, 0.15) is 0 Å². The number of rotatable bonds is 2. The molecule has 0 aromatic carbocycles. The first kappa shape index (κ1) is 12.8. The number of nitrogen functional groups attached to an aromatic ring is 1. The Kier molecular flexibility index (Phi) is 3.46. The van der Waals surface area contributed by atoms with Crippen molar-refractivity contribution in [2.24, 2.45) is 0 Å². The highest BCUT2D eigenvalue weighted by atomic mass is 35.5. The third-order valence-corrected chi connectivity index (χ3v) is 3.18. The minimum Gasteiger partial charge on any atom is -0.368 e. The fourth-order valence-electron chi connectivity index (χ4n) is 2.06. The minimum absolute atomic E-state index is 0.112. The first-order valence-corrected chi connectivity index (χ1v) is 6.54. The Labute approximate surface area is 120 Å². The van der Waals surface area contributed by atoms with Crippen molar-refractivity contribution < 1.29 is 0 Å². The maximum atomic E-state index is 5.79. The first-order valence-electron chi connectivity index (χ1n) is 6.16. The Morgan fingerprint density at radius 1 is 0.900 bits per heavy atom. The summed E-state index contributed by atoms with van der Waals surface area (Å²) in [5.74, 6) is 1.38. The molecule has 0 saturated carbocycles. The van der Waals surface area contributed by atoms with Crippen LogP contribution in [0.15, 0.2) is 18.5 Å². The van der Waals surface area contributed by atoms with Gasteiger partial charge in [0.1, 0.15) is 0 Å². The Morgan fingerprint density at radius 3 is 2.10 bits per heavy atom. The zero-order valence-corrected chi connectivity index (χ0v) is 11.4. The van der Waals surface area contributed by atoms with E-state index in [1.54, 1.807) is 18.5 Å². The Morgan fingerprint density at radius 2 is 1.50 bits per heavy atom. The number of nitrogens with two attached hydrogens (primary N) is 1. The molecule has 1 aliphatic heterocycles. The lowest BCUT2D eigenvalue weighted by Gasteiger charge is -2.34. The van der Waals surface area contributed by atoms with Crippen LogP contribution in [0.25, 0.3) is 0 Å². The van der Waals surface area contributed by atoms with Gasteiger partial charge in [-0.3, -0.25) is 0 Å². The third-order valence-electron chi connectivity index (χ3n) is 3.01. The number of aromatic nitrogens is 5. The van der Waals surface area contributed by atoms with E-state index in [1.807, 2.05) is 4.90 Å². The summed E-state index contributed by atoms with van der Waals surface area (Å²) in [6.07, 6.45) is 3.47. The summed E-state index contributed by atoms with van der Waals surface area (Å²) in [6, 6.07) is 1.80. The van der Waals surface area contributed by atoms with Gasteiger partial charge >= 0.3 is 0 Å². The maximum Gasteiger partial charge on any atom is 0.231 e. The fraction of sp³-hybridized carbons (Fsp3) is 0.364. The van der Waals surface area contributed by atoms with Crippen LogP contribution in [0.5, 0.6) is 0 Å². The topological polar surface area (TPSA) is 97.0 Å². The van der Waals surface area contributed by atoms with Crippen molar-refractivity contribution in [2.75, 3.05) is 41.7 Å². The third kappa shape index (κ3) is 2.69. The number of hydrogen-bond acceptors (Lipinski definition) is 8. The van der Waals surface area contributed by atoms with E-state index in [9.17, 15) is 0 Å². The van der Waals surface area contributed by atoms with Crippen LogP contribution in [0.3, 0.4) is 0 Å². The molecule has 0 radical (unpaired) electrons. The molecule has 0 spiro atoms. The quantitative estimate of drug-likeness (QED) is 0.840. The molecule has 20 heavy (non-hydrogen) atoms. The highest BCUT2D eigenvalue weighted by Crippen LogP contribution is 2.16. The van der Waals surface area contributed by atoms with Crippen LogP contribution >= 0.6 is 11.6 Å². The molecule has 2 N–H and O–H groups in total. The van der Waals surface area contributed by atoms with E-state index in [1.165, 1.54) is 0 Å². The minimum atomic E-state index is 0.112. The summed E-state index contributed by atoms with van der Waals surface area (Å²) in [5.41, 5.74) is 5.58. The molecule has 1 aliphatic rings. The smallest absolute Gasteiger partial charge is 0.231 e.